The summed E-state index contributed by atoms with van der Waals surface area (Å²) < 4.78 is 13.7. The molecule has 7 heteroatoms. The van der Waals surface area contributed by atoms with E-state index in [4.69, 9.17) is 0 Å². The van der Waals surface area contributed by atoms with Crippen LogP contribution in [-0.4, -0.2) is 49.2 Å². The van der Waals surface area contributed by atoms with E-state index in [-0.39, 0.29) is 29.8 Å². The van der Waals surface area contributed by atoms with Crippen molar-refractivity contribution in [1.82, 2.24) is 10.2 Å². The predicted octanol–water partition coefficient (Wildman–Crippen LogP) is 3.05. The van der Waals surface area contributed by atoms with Crippen LogP contribution in [0.1, 0.15) is 5.56 Å². The average molecular weight is 470 g/mol. The molecule has 0 atom stereocenters. The maximum Gasteiger partial charge on any atom is 0.194 e. The van der Waals surface area contributed by atoms with Crippen LogP contribution in [0.15, 0.2) is 53.5 Å². The number of piperazine rings is 1. The fourth-order valence-corrected chi connectivity index (χ4v) is 3.04. The van der Waals surface area contributed by atoms with Gasteiger partial charge >= 0.3 is 0 Å². The van der Waals surface area contributed by atoms with Crippen LogP contribution in [-0.2, 0) is 6.54 Å². The van der Waals surface area contributed by atoms with Crippen molar-refractivity contribution in [2.24, 2.45) is 4.99 Å². The molecule has 0 bridgehead atoms. The molecule has 1 saturated heterocycles. The van der Waals surface area contributed by atoms with E-state index in [0.29, 0.717) is 17.9 Å². The number of rotatable bonds is 3. The monoisotopic (exact) mass is 470 g/mol. The van der Waals surface area contributed by atoms with Crippen molar-refractivity contribution < 1.29 is 9.50 Å². The maximum atomic E-state index is 13.7. The van der Waals surface area contributed by atoms with E-state index >= 15 is 0 Å². The van der Waals surface area contributed by atoms with Crippen LogP contribution >= 0.6 is 24.0 Å². The molecule has 1 heterocycles. The third-order valence-electron chi connectivity index (χ3n) is 4.41. The van der Waals surface area contributed by atoms with Crippen LogP contribution in [0.3, 0.4) is 0 Å². The van der Waals surface area contributed by atoms with Gasteiger partial charge in [-0.1, -0.05) is 30.3 Å². The molecule has 2 N–H and O–H groups in total. The number of phenolic OH excluding ortho intramolecular Hbond substituents is 1. The van der Waals surface area contributed by atoms with Gasteiger partial charge in [0.2, 0.25) is 0 Å². The Kier molecular flexibility index (Phi) is 7.50. The average Bonchev–Trinajstić information content (AvgIpc) is 2.65. The molecule has 26 heavy (non-hydrogen) atoms. The summed E-state index contributed by atoms with van der Waals surface area (Å²) in [5.41, 5.74) is 1.48. The molecule has 140 valence electrons. The molecule has 1 aliphatic heterocycles. The Morgan fingerprint density at radius 1 is 1.08 bits per heavy atom. The summed E-state index contributed by atoms with van der Waals surface area (Å²) in [6.45, 7) is 3.55. The largest absolute Gasteiger partial charge is 0.506 e. The van der Waals surface area contributed by atoms with E-state index in [0.717, 1.165) is 37.8 Å². The number of phenols is 1. The second-order valence-electron chi connectivity index (χ2n) is 5.95. The lowest BCUT2D eigenvalue weighted by molar-refractivity contribution is 0.369. The normalized spacial score (nSPS) is 14.8. The van der Waals surface area contributed by atoms with Crippen molar-refractivity contribution in [2.75, 3.05) is 38.1 Å². The Morgan fingerprint density at radius 2 is 1.73 bits per heavy atom. The number of benzene rings is 2. The number of para-hydroxylation sites is 2. The molecule has 1 fully saturated rings. The standard InChI is InChI=1S/C19H23FN4O.HI/c1-21-19(22-14-15-6-2-3-7-16(15)20)24-12-10-23(11-13-24)17-8-4-5-9-18(17)25;/h2-9,25H,10-14H2,1H3,(H,21,22);1H. The second kappa shape index (κ2) is 9.61. The minimum atomic E-state index is -0.213. The fourth-order valence-electron chi connectivity index (χ4n) is 3.04. The Hall–Kier alpha value is -2.03. The van der Waals surface area contributed by atoms with Gasteiger partial charge in [0, 0.05) is 45.3 Å². The summed E-state index contributed by atoms with van der Waals surface area (Å²) in [6, 6.07) is 14.1. The van der Waals surface area contributed by atoms with E-state index in [1.54, 1.807) is 25.2 Å². The van der Waals surface area contributed by atoms with Crippen molar-refractivity contribution in [3.05, 3.63) is 59.9 Å². The second-order valence-corrected chi connectivity index (χ2v) is 5.95. The lowest BCUT2D eigenvalue weighted by Gasteiger charge is -2.37. The highest BCUT2D eigenvalue weighted by molar-refractivity contribution is 14.0. The zero-order valence-corrected chi connectivity index (χ0v) is 17.1. The number of nitrogens with zero attached hydrogens (tertiary/aromatic N) is 3. The molecule has 1 aliphatic rings. The molecule has 5 nitrogen and oxygen atoms in total. The Balaban J connectivity index is 0.00000243. The molecule has 0 radical (unpaired) electrons. The number of anilines is 1. The van der Waals surface area contributed by atoms with E-state index in [1.165, 1.54) is 6.07 Å². The van der Waals surface area contributed by atoms with Gasteiger partial charge in [-0.2, -0.15) is 0 Å². The van der Waals surface area contributed by atoms with E-state index < -0.39 is 0 Å². The zero-order chi connectivity index (χ0) is 17.6. The number of aromatic hydroxyl groups is 1. The van der Waals surface area contributed by atoms with E-state index in [9.17, 15) is 9.50 Å². The van der Waals surface area contributed by atoms with Gasteiger partial charge in [-0.05, 0) is 18.2 Å². The van der Waals surface area contributed by atoms with Crippen molar-refractivity contribution in [1.29, 1.82) is 0 Å². The van der Waals surface area contributed by atoms with Gasteiger partial charge in [0.05, 0.1) is 5.69 Å². The SMILES string of the molecule is CN=C(NCc1ccccc1F)N1CCN(c2ccccc2O)CC1.I. The summed E-state index contributed by atoms with van der Waals surface area (Å²) >= 11 is 0. The van der Waals surface area contributed by atoms with E-state index in [1.807, 2.05) is 24.3 Å². The Bertz CT molecular complexity index is 748. The first-order chi connectivity index (χ1) is 12.2. The summed E-state index contributed by atoms with van der Waals surface area (Å²) in [7, 11) is 1.74. The lowest BCUT2D eigenvalue weighted by Crippen LogP contribution is -2.52. The van der Waals surface area contributed by atoms with Gasteiger partial charge in [-0.15, -0.1) is 24.0 Å². The number of nitrogens with one attached hydrogen (secondary N) is 1. The smallest absolute Gasteiger partial charge is 0.194 e. The van der Waals surface area contributed by atoms with Crippen LogP contribution < -0.4 is 10.2 Å². The van der Waals surface area contributed by atoms with Crippen LogP contribution in [0.25, 0.3) is 0 Å². The van der Waals surface area contributed by atoms with Gasteiger partial charge in [0.15, 0.2) is 5.96 Å². The van der Waals surface area contributed by atoms with Gasteiger partial charge in [-0.25, -0.2) is 4.39 Å². The minimum Gasteiger partial charge on any atom is -0.506 e. The van der Waals surface area contributed by atoms with Crippen LogP contribution in [0.2, 0.25) is 0 Å². The van der Waals surface area contributed by atoms with Gasteiger partial charge in [0.25, 0.3) is 0 Å². The number of halogens is 2. The molecular weight excluding hydrogens is 446 g/mol. The minimum absolute atomic E-state index is 0. The number of hydrogen-bond acceptors (Lipinski definition) is 3. The molecule has 0 unspecified atom stereocenters. The zero-order valence-electron chi connectivity index (χ0n) is 14.7. The maximum absolute atomic E-state index is 13.7. The Labute approximate surface area is 170 Å². The number of guanidine groups is 1. The fraction of sp³-hybridized carbons (Fsp3) is 0.316. The molecule has 0 amide bonds. The molecule has 3 rings (SSSR count). The van der Waals surface area contributed by atoms with Gasteiger partial charge in [0.1, 0.15) is 11.6 Å². The number of aliphatic imine (C=N–C) groups is 1. The lowest BCUT2D eigenvalue weighted by atomic mass is 10.2. The summed E-state index contributed by atoms with van der Waals surface area (Å²) in [5, 5.41) is 13.2. The molecule has 2 aromatic carbocycles. The van der Waals surface area contributed by atoms with Crippen molar-refractivity contribution in [3.8, 4) is 5.75 Å². The first kappa shape index (κ1) is 20.3. The highest BCUT2D eigenvalue weighted by Crippen LogP contribution is 2.27. The van der Waals surface area contributed by atoms with Crippen LogP contribution in [0.5, 0.6) is 5.75 Å². The molecule has 0 aromatic heterocycles. The van der Waals surface area contributed by atoms with Crippen LogP contribution in [0, 0.1) is 5.82 Å². The first-order valence-corrected chi connectivity index (χ1v) is 8.41. The van der Waals surface area contributed by atoms with E-state index in [2.05, 4.69) is 20.1 Å². The topological polar surface area (TPSA) is 51.1 Å². The van der Waals surface area contributed by atoms with Gasteiger partial charge in [-0.3, -0.25) is 4.99 Å². The van der Waals surface area contributed by atoms with Crippen molar-refractivity contribution in [3.63, 3.8) is 0 Å². The first-order valence-electron chi connectivity index (χ1n) is 8.41. The van der Waals surface area contributed by atoms with Crippen LogP contribution in [0.4, 0.5) is 10.1 Å². The van der Waals surface area contributed by atoms with Crippen molar-refractivity contribution in [2.45, 2.75) is 6.54 Å². The molecule has 0 aliphatic carbocycles. The summed E-state index contributed by atoms with van der Waals surface area (Å²) in [6.07, 6.45) is 0. The molecular formula is C19H24FIN4O. The third-order valence-corrected chi connectivity index (χ3v) is 4.41. The highest BCUT2D eigenvalue weighted by Gasteiger charge is 2.21. The molecule has 0 spiro atoms. The van der Waals surface area contributed by atoms with Crippen molar-refractivity contribution >= 4 is 35.6 Å². The Morgan fingerprint density at radius 3 is 2.38 bits per heavy atom. The molecule has 2 aromatic rings. The summed E-state index contributed by atoms with van der Waals surface area (Å²) in [5.74, 6) is 0.855. The molecule has 0 saturated carbocycles. The predicted molar refractivity (Wildman–Crippen MR) is 114 cm³/mol. The summed E-state index contributed by atoms with van der Waals surface area (Å²) in [4.78, 5) is 8.63. The highest BCUT2D eigenvalue weighted by atomic mass is 127. The van der Waals surface area contributed by atoms with Gasteiger partial charge < -0.3 is 20.2 Å². The quantitative estimate of drug-likeness (QED) is 0.412. The third kappa shape index (κ3) is 4.78. The number of hydrogen-bond donors (Lipinski definition) is 2.